The summed E-state index contributed by atoms with van der Waals surface area (Å²) < 4.78 is 26.3. The van der Waals surface area contributed by atoms with Gasteiger partial charge in [-0.2, -0.15) is 0 Å². The fraction of sp³-hybridized carbons (Fsp3) is 0. The quantitative estimate of drug-likeness (QED) is 0.787. The van der Waals surface area contributed by atoms with Crippen molar-refractivity contribution in [2.24, 2.45) is 0 Å². The molecule has 0 radical (unpaired) electrons. The Morgan fingerprint density at radius 3 is 2.45 bits per heavy atom. The first-order valence-corrected chi connectivity index (χ1v) is 6.20. The molecule has 0 bridgehead atoms. The molecule has 1 amide bonds. The van der Waals surface area contributed by atoms with E-state index < -0.39 is 11.6 Å². The van der Waals surface area contributed by atoms with Crippen LogP contribution in [-0.2, 0) is 4.79 Å². The van der Waals surface area contributed by atoms with Crippen LogP contribution in [0.3, 0.4) is 0 Å². The summed E-state index contributed by atoms with van der Waals surface area (Å²) >= 11 is 5.85. The van der Waals surface area contributed by atoms with E-state index in [1.54, 1.807) is 18.2 Å². The monoisotopic (exact) mass is 291 g/mol. The zero-order valence-electron chi connectivity index (χ0n) is 10.1. The van der Waals surface area contributed by atoms with Crippen LogP contribution in [0.4, 0.5) is 14.5 Å². The Hall–Kier alpha value is -2.20. The Kier molecular flexibility index (Phi) is 3.03. The lowest BCUT2D eigenvalue weighted by atomic mass is 10.0. The minimum Gasteiger partial charge on any atom is -0.321 e. The zero-order valence-corrected chi connectivity index (χ0v) is 10.8. The van der Waals surface area contributed by atoms with Crippen LogP contribution in [0.5, 0.6) is 0 Å². The molecule has 0 atom stereocenters. The summed E-state index contributed by atoms with van der Waals surface area (Å²) in [5.74, 6) is -1.70. The lowest BCUT2D eigenvalue weighted by Crippen LogP contribution is -2.03. The minimum absolute atomic E-state index is 0.287. The van der Waals surface area contributed by atoms with E-state index in [1.165, 1.54) is 6.08 Å². The highest BCUT2D eigenvalue weighted by molar-refractivity contribution is 6.36. The van der Waals surface area contributed by atoms with Crippen molar-refractivity contribution in [3.05, 3.63) is 64.2 Å². The third kappa shape index (κ3) is 2.30. The number of nitrogens with one attached hydrogen (secondary N) is 1. The van der Waals surface area contributed by atoms with Gasteiger partial charge in [0.1, 0.15) is 11.6 Å². The summed E-state index contributed by atoms with van der Waals surface area (Å²) in [6.45, 7) is 0. The van der Waals surface area contributed by atoms with Crippen molar-refractivity contribution in [1.82, 2.24) is 0 Å². The van der Waals surface area contributed by atoms with Gasteiger partial charge in [-0.1, -0.05) is 17.7 Å². The normalized spacial score (nSPS) is 15.3. The summed E-state index contributed by atoms with van der Waals surface area (Å²) in [4.78, 5) is 11.9. The summed E-state index contributed by atoms with van der Waals surface area (Å²) in [6, 6.07) is 8.08. The number of carbonyl (C=O) groups is 1. The third-order valence-corrected chi connectivity index (χ3v) is 3.20. The van der Waals surface area contributed by atoms with Crippen molar-refractivity contribution in [1.29, 1.82) is 0 Å². The third-order valence-electron chi connectivity index (χ3n) is 2.96. The van der Waals surface area contributed by atoms with Crippen LogP contribution in [0, 0.1) is 11.6 Å². The van der Waals surface area contributed by atoms with Crippen molar-refractivity contribution in [2.45, 2.75) is 0 Å². The Balaban J connectivity index is 2.11. The summed E-state index contributed by atoms with van der Waals surface area (Å²) in [5.41, 5.74) is 1.88. The molecule has 2 aromatic rings. The van der Waals surface area contributed by atoms with E-state index in [0.29, 0.717) is 21.8 Å². The molecule has 3 rings (SSSR count). The van der Waals surface area contributed by atoms with Gasteiger partial charge in [0, 0.05) is 22.2 Å². The maximum atomic E-state index is 13.2. The van der Waals surface area contributed by atoms with Crippen molar-refractivity contribution >= 4 is 34.8 Å². The molecule has 0 saturated heterocycles. The molecule has 1 heterocycles. The number of fused-ring (bicyclic) bond motifs is 1. The molecule has 100 valence electrons. The standard InChI is InChI=1S/C15H8ClF2NO/c16-9-1-2-12-13(15(20)19-14(12)6-9)5-8-3-10(17)7-11(18)4-8/h1-7H,(H,19,20). The van der Waals surface area contributed by atoms with Crippen molar-refractivity contribution in [3.8, 4) is 0 Å². The van der Waals surface area contributed by atoms with E-state index in [1.807, 2.05) is 0 Å². The summed E-state index contributed by atoms with van der Waals surface area (Å²) in [7, 11) is 0. The van der Waals surface area contributed by atoms with Gasteiger partial charge in [0.05, 0.1) is 5.69 Å². The summed E-state index contributed by atoms with van der Waals surface area (Å²) in [5, 5.41) is 3.16. The number of hydrogen-bond donors (Lipinski definition) is 1. The van der Waals surface area contributed by atoms with E-state index in [0.717, 1.165) is 18.2 Å². The molecule has 2 aromatic carbocycles. The number of carbonyl (C=O) groups excluding carboxylic acids is 1. The molecule has 1 N–H and O–H groups in total. The first kappa shape index (κ1) is 12.8. The average molecular weight is 292 g/mol. The van der Waals surface area contributed by atoms with Crippen LogP contribution in [0.1, 0.15) is 11.1 Å². The molecule has 2 nitrogen and oxygen atoms in total. The average Bonchev–Trinajstić information content (AvgIpc) is 2.64. The Bertz CT molecular complexity index is 735. The molecule has 0 spiro atoms. The first-order chi connectivity index (χ1) is 9.52. The van der Waals surface area contributed by atoms with Crippen molar-refractivity contribution in [2.75, 3.05) is 5.32 Å². The highest BCUT2D eigenvalue weighted by atomic mass is 35.5. The van der Waals surface area contributed by atoms with Crippen LogP contribution >= 0.6 is 11.6 Å². The molecule has 1 aliphatic heterocycles. The van der Waals surface area contributed by atoms with E-state index in [9.17, 15) is 13.6 Å². The number of benzene rings is 2. The molecular weight excluding hydrogens is 284 g/mol. The van der Waals surface area contributed by atoms with Crippen LogP contribution in [0.15, 0.2) is 36.4 Å². The Morgan fingerprint density at radius 2 is 1.75 bits per heavy atom. The van der Waals surface area contributed by atoms with Gasteiger partial charge in [0.15, 0.2) is 0 Å². The number of hydrogen-bond acceptors (Lipinski definition) is 1. The van der Waals surface area contributed by atoms with Gasteiger partial charge in [0.25, 0.3) is 5.91 Å². The predicted molar refractivity (Wildman–Crippen MR) is 74.3 cm³/mol. The van der Waals surface area contributed by atoms with Gasteiger partial charge in [-0.3, -0.25) is 4.79 Å². The number of halogens is 3. The molecule has 1 aliphatic rings. The molecule has 0 unspecified atom stereocenters. The van der Waals surface area contributed by atoms with Crippen molar-refractivity contribution < 1.29 is 13.6 Å². The molecule has 0 saturated carbocycles. The maximum absolute atomic E-state index is 13.2. The SMILES string of the molecule is O=C1Nc2cc(Cl)ccc2C1=Cc1cc(F)cc(F)c1. The molecule has 0 fully saturated rings. The minimum atomic E-state index is -0.688. The van der Waals surface area contributed by atoms with Gasteiger partial charge in [-0.25, -0.2) is 8.78 Å². The van der Waals surface area contributed by atoms with Crippen molar-refractivity contribution in [3.63, 3.8) is 0 Å². The Morgan fingerprint density at radius 1 is 1.05 bits per heavy atom. The second-order valence-corrected chi connectivity index (χ2v) is 4.84. The zero-order chi connectivity index (χ0) is 14.3. The lowest BCUT2D eigenvalue weighted by Gasteiger charge is -2.00. The number of anilines is 1. The first-order valence-electron chi connectivity index (χ1n) is 5.82. The van der Waals surface area contributed by atoms with E-state index >= 15 is 0 Å². The molecular formula is C15H8ClF2NO. The summed E-state index contributed by atoms with van der Waals surface area (Å²) in [6.07, 6.45) is 1.45. The molecule has 20 heavy (non-hydrogen) atoms. The van der Waals surface area contributed by atoms with Gasteiger partial charge < -0.3 is 5.32 Å². The lowest BCUT2D eigenvalue weighted by molar-refractivity contribution is -0.110. The second kappa shape index (κ2) is 4.72. The van der Waals surface area contributed by atoms with Crippen LogP contribution in [0.2, 0.25) is 5.02 Å². The largest absolute Gasteiger partial charge is 0.321 e. The van der Waals surface area contributed by atoms with Gasteiger partial charge >= 0.3 is 0 Å². The maximum Gasteiger partial charge on any atom is 0.256 e. The van der Waals surface area contributed by atoms with Gasteiger partial charge in [0.2, 0.25) is 0 Å². The predicted octanol–water partition coefficient (Wildman–Crippen LogP) is 4.11. The number of amides is 1. The smallest absolute Gasteiger partial charge is 0.256 e. The van der Waals surface area contributed by atoms with Crippen LogP contribution < -0.4 is 5.32 Å². The fourth-order valence-electron chi connectivity index (χ4n) is 2.14. The molecule has 0 aromatic heterocycles. The Labute approximate surface area is 118 Å². The topological polar surface area (TPSA) is 29.1 Å². The highest BCUT2D eigenvalue weighted by Gasteiger charge is 2.24. The fourth-order valence-corrected chi connectivity index (χ4v) is 2.31. The number of rotatable bonds is 1. The second-order valence-electron chi connectivity index (χ2n) is 4.40. The van der Waals surface area contributed by atoms with E-state index in [2.05, 4.69) is 5.32 Å². The molecule has 0 aliphatic carbocycles. The van der Waals surface area contributed by atoms with Crippen LogP contribution in [0.25, 0.3) is 11.6 Å². The van der Waals surface area contributed by atoms with E-state index in [4.69, 9.17) is 11.6 Å². The van der Waals surface area contributed by atoms with Gasteiger partial charge in [-0.05, 0) is 35.9 Å². The highest BCUT2D eigenvalue weighted by Crippen LogP contribution is 2.34. The van der Waals surface area contributed by atoms with Gasteiger partial charge in [-0.15, -0.1) is 0 Å². The van der Waals surface area contributed by atoms with Crippen LogP contribution in [-0.4, -0.2) is 5.91 Å². The molecule has 5 heteroatoms. The van der Waals surface area contributed by atoms with E-state index in [-0.39, 0.29) is 11.5 Å².